The van der Waals surface area contributed by atoms with E-state index in [0.29, 0.717) is 0 Å². The average Bonchev–Trinajstić information content (AvgIpc) is 2.94. The molecule has 1 aromatic heterocycles. The third-order valence-electron chi connectivity index (χ3n) is 3.21. The minimum atomic E-state index is -0.609. The lowest BCUT2D eigenvalue weighted by Crippen LogP contribution is -2.23. The van der Waals surface area contributed by atoms with Crippen LogP contribution >= 0.6 is 11.3 Å². The Morgan fingerprint density at radius 2 is 2.13 bits per heavy atom. The predicted octanol–water partition coefficient (Wildman–Crippen LogP) is 2.86. The van der Waals surface area contributed by atoms with Crippen LogP contribution in [0.15, 0.2) is 23.6 Å². The molecule has 1 heterocycles. The lowest BCUT2D eigenvalue weighted by molar-refractivity contribution is -0.383. The second-order valence-corrected chi connectivity index (χ2v) is 7.03. The second kappa shape index (κ2) is 6.33. The van der Waals surface area contributed by atoms with Gasteiger partial charge in [-0.1, -0.05) is 20.8 Å². The Hall–Kier alpha value is -2.48. The highest BCUT2D eigenvalue weighted by atomic mass is 32.1. The van der Waals surface area contributed by atoms with Gasteiger partial charge in [-0.2, -0.15) is 0 Å². The summed E-state index contributed by atoms with van der Waals surface area (Å²) >= 11 is 1.47. The topological polar surface area (TPSA) is 111 Å². The monoisotopic (exact) mass is 334 g/mol. The first kappa shape index (κ1) is 16.9. The summed E-state index contributed by atoms with van der Waals surface area (Å²) < 4.78 is 0. The molecule has 0 unspecified atom stereocenters. The Labute approximate surface area is 137 Å². The van der Waals surface area contributed by atoms with Crippen LogP contribution in [0.1, 0.15) is 41.8 Å². The SMILES string of the molecule is CC(C)(C)c1csc(CNC(=O)c2ccc(N)c([N+](=O)[O-])c2)n1. The molecule has 0 saturated heterocycles. The molecule has 7 nitrogen and oxygen atoms in total. The van der Waals surface area contributed by atoms with Gasteiger partial charge in [0, 0.05) is 22.4 Å². The quantitative estimate of drug-likeness (QED) is 0.507. The summed E-state index contributed by atoms with van der Waals surface area (Å²) in [5.41, 5.74) is 6.39. The number of carbonyl (C=O) groups is 1. The fourth-order valence-electron chi connectivity index (χ4n) is 1.84. The number of benzene rings is 1. The molecular formula is C15H18N4O3S. The maximum absolute atomic E-state index is 12.1. The summed E-state index contributed by atoms with van der Waals surface area (Å²) in [6.45, 7) is 6.48. The van der Waals surface area contributed by atoms with E-state index in [0.717, 1.165) is 10.7 Å². The summed E-state index contributed by atoms with van der Waals surface area (Å²) in [6, 6.07) is 3.99. The van der Waals surface area contributed by atoms with E-state index < -0.39 is 10.8 Å². The van der Waals surface area contributed by atoms with Crippen molar-refractivity contribution in [3.63, 3.8) is 0 Å². The van der Waals surface area contributed by atoms with Crippen molar-refractivity contribution in [1.29, 1.82) is 0 Å². The van der Waals surface area contributed by atoms with Crippen LogP contribution in [0.5, 0.6) is 0 Å². The maximum atomic E-state index is 12.1. The molecule has 0 spiro atoms. The summed E-state index contributed by atoms with van der Waals surface area (Å²) in [7, 11) is 0. The van der Waals surface area contributed by atoms with Crippen LogP contribution in [0.4, 0.5) is 11.4 Å². The number of nitro benzene ring substituents is 1. The molecule has 2 aromatic rings. The van der Waals surface area contributed by atoms with Gasteiger partial charge in [-0.25, -0.2) is 4.98 Å². The van der Waals surface area contributed by atoms with Crippen molar-refractivity contribution in [2.45, 2.75) is 32.7 Å². The fraction of sp³-hybridized carbons (Fsp3) is 0.333. The van der Waals surface area contributed by atoms with Crippen molar-refractivity contribution in [1.82, 2.24) is 10.3 Å². The number of thiazole rings is 1. The van der Waals surface area contributed by atoms with E-state index in [4.69, 9.17) is 5.73 Å². The van der Waals surface area contributed by atoms with Crippen molar-refractivity contribution in [3.05, 3.63) is 50.0 Å². The van der Waals surface area contributed by atoms with Crippen molar-refractivity contribution in [3.8, 4) is 0 Å². The average molecular weight is 334 g/mol. The third kappa shape index (κ3) is 4.04. The van der Waals surface area contributed by atoms with Crippen LogP contribution in [-0.2, 0) is 12.0 Å². The van der Waals surface area contributed by atoms with Crippen molar-refractivity contribution in [2.24, 2.45) is 0 Å². The van der Waals surface area contributed by atoms with Gasteiger partial charge in [-0.05, 0) is 12.1 Å². The molecule has 0 fully saturated rings. The number of carbonyl (C=O) groups excluding carboxylic acids is 1. The van der Waals surface area contributed by atoms with Gasteiger partial charge in [0.1, 0.15) is 10.7 Å². The molecule has 0 aliphatic heterocycles. The zero-order valence-corrected chi connectivity index (χ0v) is 13.9. The molecule has 3 N–H and O–H groups in total. The molecule has 0 aliphatic carbocycles. The zero-order valence-electron chi connectivity index (χ0n) is 13.1. The molecule has 2 rings (SSSR count). The summed E-state index contributed by atoms with van der Waals surface area (Å²) in [4.78, 5) is 26.8. The summed E-state index contributed by atoms with van der Waals surface area (Å²) in [5.74, 6) is -0.402. The van der Waals surface area contributed by atoms with E-state index >= 15 is 0 Å². The number of nitrogens with zero attached hydrogens (tertiary/aromatic N) is 2. The van der Waals surface area contributed by atoms with Gasteiger partial charge in [-0.3, -0.25) is 14.9 Å². The van der Waals surface area contributed by atoms with Crippen LogP contribution in [0.25, 0.3) is 0 Å². The summed E-state index contributed by atoms with van der Waals surface area (Å²) in [5, 5.41) is 16.3. The molecule has 0 radical (unpaired) electrons. The van der Waals surface area contributed by atoms with E-state index in [1.165, 1.54) is 29.5 Å². The Balaban J connectivity index is 2.07. The lowest BCUT2D eigenvalue weighted by atomic mass is 9.93. The normalized spacial score (nSPS) is 11.3. The van der Waals surface area contributed by atoms with Crippen LogP contribution < -0.4 is 11.1 Å². The number of amides is 1. The highest BCUT2D eigenvalue weighted by Crippen LogP contribution is 2.24. The van der Waals surface area contributed by atoms with Crippen LogP contribution in [-0.4, -0.2) is 15.8 Å². The molecule has 8 heteroatoms. The number of nitro groups is 1. The molecule has 0 atom stereocenters. The fourth-order valence-corrected chi connectivity index (χ4v) is 2.80. The van der Waals surface area contributed by atoms with Gasteiger partial charge in [0.05, 0.1) is 17.2 Å². The smallest absolute Gasteiger partial charge is 0.292 e. The van der Waals surface area contributed by atoms with Gasteiger partial charge in [0.25, 0.3) is 11.6 Å². The molecule has 0 saturated carbocycles. The zero-order chi connectivity index (χ0) is 17.2. The van der Waals surface area contributed by atoms with Crippen molar-refractivity contribution in [2.75, 3.05) is 5.73 Å². The lowest BCUT2D eigenvalue weighted by Gasteiger charge is -2.14. The standard InChI is InChI=1S/C15H18N4O3S/c1-15(2,3)12-8-23-13(18-12)7-17-14(20)9-4-5-10(16)11(6-9)19(21)22/h4-6,8H,7,16H2,1-3H3,(H,17,20). The molecule has 0 aliphatic rings. The predicted molar refractivity (Wildman–Crippen MR) is 89.5 cm³/mol. The van der Waals surface area contributed by atoms with Crippen LogP contribution in [0.3, 0.4) is 0 Å². The van der Waals surface area contributed by atoms with Crippen molar-refractivity contribution >= 4 is 28.6 Å². The Bertz CT molecular complexity index is 749. The number of nitrogens with two attached hydrogens (primary N) is 1. The van der Waals surface area contributed by atoms with E-state index in [1.807, 2.05) is 5.38 Å². The first-order chi connectivity index (χ1) is 10.7. The minimum absolute atomic E-state index is 0.0290. The highest BCUT2D eigenvalue weighted by molar-refractivity contribution is 7.09. The number of hydrogen-bond donors (Lipinski definition) is 2. The van der Waals surface area contributed by atoms with E-state index in [9.17, 15) is 14.9 Å². The number of aromatic nitrogens is 1. The molecule has 0 bridgehead atoms. The number of anilines is 1. The minimum Gasteiger partial charge on any atom is -0.393 e. The first-order valence-electron chi connectivity index (χ1n) is 6.95. The largest absolute Gasteiger partial charge is 0.393 e. The van der Waals surface area contributed by atoms with E-state index in [-0.39, 0.29) is 28.9 Å². The van der Waals surface area contributed by atoms with E-state index in [2.05, 4.69) is 31.1 Å². The molecule has 23 heavy (non-hydrogen) atoms. The van der Waals surface area contributed by atoms with Gasteiger partial charge in [-0.15, -0.1) is 11.3 Å². The Morgan fingerprint density at radius 3 is 2.70 bits per heavy atom. The maximum Gasteiger partial charge on any atom is 0.292 e. The van der Waals surface area contributed by atoms with Gasteiger partial charge in [0.15, 0.2) is 0 Å². The van der Waals surface area contributed by atoms with Gasteiger partial charge < -0.3 is 11.1 Å². The van der Waals surface area contributed by atoms with E-state index in [1.54, 1.807) is 0 Å². The highest BCUT2D eigenvalue weighted by Gasteiger charge is 2.18. The first-order valence-corrected chi connectivity index (χ1v) is 7.83. The number of nitrogens with one attached hydrogen (secondary N) is 1. The van der Waals surface area contributed by atoms with Crippen molar-refractivity contribution < 1.29 is 9.72 Å². The van der Waals surface area contributed by atoms with Crippen LogP contribution in [0.2, 0.25) is 0 Å². The summed E-state index contributed by atoms with van der Waals surface area (Å²) in [6.07, 6.45) is 0. The van der Waals surface area contributed by atoms with Crippen LogP contribution in [0, 0.1) is 10.1 Å². The number of hydrogen-bond acceptors (Lipinski definition) is 6. The molecule has 122 valence electrons. The molecular weight excluding hydrogens is 316 g/mol. The van der Waals surface area contributed by atoms with Gasteiger partial charge in [0.2, 0.25) is 0 Å². The van der Waals surface area contributed by atoms with Gasteiger partial charge >= 0.3 is 0 Å². The number of rotatable bonds is 4. The Kier molecular flexibility index (Phi) is 4.65. The third-order valence-corrected chi connectivity index (χ3v) is 4.06. The molecule has 1 amide bonds. The Morgan fingerprint density at radius 1 is 1.43 bits per heavy atom. The second-order valence-electron chi connectivity index (χ2n) is 6.09. The molecule has 1 aromatic carbocycles. The number of nitrogen functional groups attached to an aromatic ring is 1.